The Kier molecular flexibility index (Phi) is 10.0. The van der Waals surface area contributed by atoms with Crippen molar-refractivity contribution in [3.05, 3.63) is 59.4 Å². The van der Waals surface area contributed by atoms with E-state index in [4.69, 9.17) is 26.2 Å². The van der Waals surface area contributed by atoms with Gasteiger partial charge in [-0.15, -0.1) is 0 Å². The first-order valence-electron chi connectivity index (χ1n) is 13.8. The van der Waals surface area contributed by atoms with Crippen LogP contribution < -0.4 is 0 Å². The second kappa shape index (κ2) is 13.0. The predicted octanol–water partition coefficient (Wildman–Crippen LogP) is 1.33. The van der Waals surface area contributed by atoms with Crippen LogP contribution in [0.25, 0.3) is 0 Å². The van der Waals surface area contributed by atoms with E-state index in [9.17, 15) is 43.0 Å². The van der Waals surface area contributed by atoms with Crippen molar-refractivity contribution in [2.75, 3.05) is 13.2 Å². The average Bonchev–Trinajstić information content (AvgIpc) is 3.30. The number of benzene rings is 1. The van der Waals surface area contributed by atoms with Gasteiger partial charge in [0.15, 0.2) is 54.2 Å². The third-order valence-electron chi connectivity index (χ3n) is 7.72. The van der Waals surface area contributed by atoms with Crippen LogP contribution in [0.5, 0.6) is 0 Å². The molecule has 0 saturated carbocycles. The van der Waals surface area contributed by atoms with Crippen LogP contribution >= 0.6 is 11.6 Å². The smallest absolute Gasteiger partial charge is 0.338 e. The fourth-order valence-electron chi connectivity index (χ4n) is 5.11. The normalized spacial score (nSPS) is 36.9. The summed E-state index contributed by atoms with van der Waals surface area (Å²) in [5.74, 6) is -9.61. The molecule has 256 valence electrons. The Morgan fingerprint density at radius 1 is 0.894 bits per heavy atom. The summed E-state index contributed by atoms with van der Waals surface area (Å²) >= 11 is 5.77. The van der Waals surface area contributed by atoms with Crippen molar-refractivity contribution in [1.29, 1.82) is 0 Å². The van der Waals surface area contributed by atoms with Crippen LogP contribution in [0.1, 0.15) is 37.0 Å². The third-order valence-corrected chi connectivity index (χ3v) is 7.95. The van der Waals surface area contributed by atoms with Crippen LogP contribution in [0, 0.1) is 0 Å². The Morgan fingerprint density at radius 3 is 1.79 bits per heavy atom. The molecule has 2 saturated heterocycles. The highest BCUT2D eigenvalue weighted by Crippen LogP contribution is 2.45. The molecule has 1 aromatic carbocycles. The maximum absolute atomic E-state index is 15.1. The van der Waals surface area contributed by atoms with E-state index in [2.05, 4.69) is 4.74 Å². The first-order valence-corrected chi connectivity index (χ1v) is 14.2. The molecule has 18 heteroatoms. The highest BCUT2D eigenvalue weighted by Gasteiger charge is 2.67. The zero-order valence-corrected chi connectivity index (χ0v) is 25.4. The number of carbonyl (C=O) groups is 5. The number of esters is 1. The molecule has 1 aromatic rings. The zero-order valence-electron chi connectivity index (χ0n) is 24.6. The fraction of sp³-hybridized carbons (Fsp3) is 0.483. The van der Waals surface area contributed by atoms with Crippen molar-refractivity contribution >= 4 is 41.0 Å². The van der Waals surface area contributed by atoms with Gasteiger partial charge in [-0.2, -0.15) is 0 Å². The molecule has 0 unspecified atom stereocenters. The summed E-state index contributed by atoms with van der Waals surface area (Å²) in [6.45, 7) is -0.675. The second-order valence-corrected chi connectivity index (χ2v) is 11.8. The van der Waals surface area contributed by atoms with Gasteiger partial charge in [-0.1, -0.05) is 17.7 Å². The number of ether oxygens (including phenoxy) is 3. The summed E-state index contributed by atoms with van der Waals surface area (Å²) in [5.41, 5.74) is -5.34. The Labute approximate surface area is 268 Å². The van der Waals surface area contributed by atoms with Gasteiger partial charge in [-0.25, -0.2) is 22.4 Å². The fourth-order valence-corrected chi connectivity index (χ4v) is 5.30. The second-order valence-electron chi connectivity index (χ2n) is 11.4. The SMILES string of the molecule is C[C@]1(F)[C@H](N2C=CC(=O)CC2=O)O[C@](F)(CO)[C@H]1O.C[C@]1(F)[C@H](N2C=CC(=O)CC2=O)O[C@](F)(COC(=O)c2cccc(Cl)c2)[C@H]1O. The summed E-state index contributed by atoms with van der Waals surface area (Å²) in [6, 6.07) is 5.67. The largest absolute Gasteiger partial charge is 0.456 e. The quantitative estimate of drug-likeness (QED) is 0.222. The number of halogens is 5. The minimum Gasteiger partial charge on any atom is -0.456 e. The topological polar surface area (TPSA) is 180 Å². The number of nitrogens with zero attached hydrogens (tertiary/aromatic N) is 2. The van der Waals surface area contributed by atoms with Crippen molar-refractivity contribution in [3.63, 3.8) is 0 Å². The number of aliphatic hydroxyl groups is 3. The lowest BCUT2D eigenvalue weighted by atomic mass is 9.96. The molecule has 4 heterocycles. The molecule has 5 rings (SSSR count). The van der Waals surface area contributed by atoms with Crippen LogP contribution in [-0.2, 0) is 33.4 Å². The lowest BCUT2D eigenvalue weighted by molar-refractivity contribution is -0.213. The Balaban J connectivity index is 0.000000229. The van der Waals surface area contributed by atoms with Crippen LogP contribution in [0.2, 0.25) is 5.02 Å². The number of alkyl halides is 4. The maximum atomic E-state index is 15.1. The van der Waals surface area contributed by atoms with Crippen molar-refractivity contribution in [1.82, 2.24) is 9.80 Å². The molecule has 4 aliphatic heterocycles. The van der Waals surface area contributed by atoms with E-state index in [1.54, 1.807) is 0 Å². The summed E-state index contributed by atoms with van der Waals surface area (Å²) in [5, 5.41) is 28.8. The van der Waals surface area contributed by atoms with Gasteiger partial charge in [0.1, 0.15) is 6.61 Å². The standard InChI is InChI=1S/C18H16ClF2NO6.C11H13F2NO5/c1-17(20)15(26)18(21,9-27-14(25)10-3-2-4-11(19)7-10)28-16(17)22-6-5-12(23)8-13(22)24;1-10(12)8(18)11(13,5-15)19-9(10)14-3-2-6(16)4-7(14)17/h2-7,15-16,26H,8-9H2,1H3;2-3,8-9,15,18H,4-5H2,1H3/t15-,16+,17+,18+;8-,9+,10+,11+/m00/s1. The number of ketones is 2. The van der Waals surface area contributed by atoms with E-state index in [1.165, 1.54) is 24.3 Å². The van der Waals surface area contributed by atoms with E-state index in [1.807, 2.05) is 0 Å². The molecule has 0 bridgehead atoms. The van der Waals surface area contributed by atoms with Crippen molar-refractivity contribution < 1.29 is 71.1 Å². The van der Waals surface area contributed by atoms with Crippen LogP contribution in [-0.4, -0.2) is 115 Å². The average molecular weight is 693 g/mol. The van der Waals surface area contributed by atoms with E-state index >= 15 is 8.78 Å². The molecule has 47 heavy (non-hydrogen) atoms. The first kappa shape index (κ1) is 36.1. The van der Waals surface area contributed by atoms with Gasteiger partial charge < -0.3 is 29.5 Å². The summed E-state index contributed by atoms with van der Waals surface area (Å²) in [6.07, 6.45) is -5.25. The van der Waals surface area contributed by atoms with Crippen molar-refractivity contribution in [2.45, 2.75) is 74.4 Å². The van der Waals surface area contributed by atoms with Gasteiger partial charge >= 0.3 is 5.97 Å². The molecule has 0 spiro atoms. The molecule has 4 aliphatic rings. The summed E-state index contributed by atoms with van der Waals surface area (Å²) < 4.78 is 72.9. The molecular formula is C29H29ClF4N2O11. The Morgan fingerprint density at radius 2 is 1.36 bits per heavy atom. The van der Waals surface area contributed by atoms with Crippen LogP contribution in [0.3, 0.4) is 0 Å². The third kappa shape index (κ3) is 6.95. The van der Waals surface area contributed by atoms with Gasteiger partial charge in [-0.3, -0.25) is 29.0 Å². The monoisotopic (exact) mass is 692 g/mol. The van der Waals surface area contributed by atoms with E-state index < -0.39 is 103 Å². The number of carbonyl (C=O) groups excluding carboxylic acids is 5. The van der Waals surface area contributed by atoms with Crippen LogP contribution in [0.4, 0.5) is 17.6 Å². The van der Waals surface area contributed by atoms with Crippen LogP contribution in [0.15, 0.2) is 48.8 Å². The molecular weight excluding hydrogens is 664 g/mol. The number of hydrogen-bond donors (Lipinski definition) is 3. The maximum Gasteiger partial charge on any atom is 0.338 e. The number of hydrogen-bond acceptors (Lipinski definition) is 11. The van der Waals surface area contributed by atoms with Gasteiger partial charge in [0.05, 0.1) is 18.4 Å². The number of rotatable bonds is 6. The summed E-state index contributed by atoms with van der Waals surface area (Å²) in [4.78, 5) is 59.3. The van der Waals surface area contributed by atoms with Gasteiger partial charge in [0.2, 0.25) is 11.8 Å². The van der Waals surface area contributed by atoms with E-state index in [-0.39, 0.29) is 10.6 Å². The molecule has 0 aromatic heterocycles. The molecule has 3 N–H and O–H groups in total. The first-order chi connectivity index (χ1) is 21.8. The highest BCUT2D eigenvalue weighted by atomic mass is 35.5. The minimum atomic E-state index is -3.11. The Bertz CT molecular complexity index is 1520. The molecule has 0 radical (unpaired) electrons. The molecule has 2 fully saturated rings. The lowest BCUT2D eigenvalue weighted by Crippen LogP contribution is -2.52. The minimum absolute atomic E-state index is 0.0239. The van der Waals surface area contributed by atoms with E-state index in [0.29, 0.717) is 9.80 Å². The van der Waals surface area contributed by atoms with Crippen molar-refractivity contribution in [3.8, 4) is 0 Å². The van der Waals surface area contributed by atoms with E-state index in [0.717, 1.165) is 38.4 Å². The molecule has 0 aliphatic carbocycles. The molecule has 8 atom stereocenters. The predicted molar refractivity (Wildman–Crippen MR) is 149 cm³/mol. The van der Waals surface area contributed by atoms with Gasteiger partial charge in [-0.05, 0) is 44.2 Å². The molecule has 13 nitrogen and oxygen atoms in total. The van der Waals surface area contributed by atoms with Gasteiger partial charge in [0.25, 0.3) is 11.7 Å². The Hall–Kier alpha value is -3.74. The number of amides is 2. The molecule has 2 amide bonds. The lowest BCUT2D eigenvalue weighted by Gasteiger charge is -2.32. The number of aliphatic hydroxyl groups excluding tert-OH is 3. The zero-order chi connectivity index (χ0) is 35.1. The van der Waals surface area contributed by atoms with Crippen molar-refractivity contribution in [2.24, 2.45) is 0 Å². The van der Waals surface area contributed by atoms with Gasteiger partial charge in [0, 0.05) is 17.4 Å². The summed E-state index contributed by atoms with van der Waals surface area (Å²) in [7, 11) is 0. The highest BCUT2D eigenvalue weighted by molar-refractivity contribution is 6.30. The number of allylic oxidation sites excluding steroid dienone is 2.